The van der Waals surface area contributed by atoms with Crippen LogP contribution in [0.5, 0.6) is 0 Å². The maximum absolute atomic E-state index is 5.75. The lowest BCUT2D eigenvalue weighted by atomic mass is 10.2. The molecule has 17 heavy (non-hydrogen) atoms. The summed E-state index contributed by atoms with van der Waals surface area (Å²) in [6.07, 6.45) is 5.68. The third-order valence-corrected chi connectivity index (χ3v) is 2.81. The van der Waals surface area contributed by atoms with E-state index in [0.29, 0.717) is 18.5 Å². The zero-order chi connectivity index (χ0) is 12.3. The van der Waals surface area contributed by atoms with Gasteiger partial charge in [0.25, 0.3) is 0 Å². The molecule has 1 aromatic rings. The molecule has 1 aliphatic rings. The highest BCUT2D eigenvalue weighted by molar-refractivity contribution is 5.77. The van der Waals surface area contributed by atoms with E-state index in [1.807, 2.05) is 13.8 Å². The first kappa shape index (κ1) is 12.0. The van der Waals surface area contributed by atoms with Crippen molar-refractivity contribution in [3.05, 3.63) is 17.7 Å². The third kappa shape index (κ3) is 3.22. The average molecular weight is 235 g/mol. The Labute approximate surface area is 102 Å². The topological polar surface area (TPSA) is 68.2 Å². The van der Waals surface area contributed by atoms with Crippen LogP contribution in [0, 0.1) is 0 Å². The highest BCUT2D eigenvalue weighted by Gasteiger charge is 2.11. The van der Waals surface area contributed by atoms with E-state index in [0.717, 1.165) is 18.7 Å². The van der Waals surface area contributed by atoms with Crippen LogP contribution < -0.4 is 11.1 Å². The Morgan fingerprint density at radius 1 is 1.59 bits per heavy atom. The number of hydrogen-bond donors (Lipinski definition) is 2. The molecule has 2 rings (SSSR count). The standard InChI is InChI=1S/C12H21N5/c1-9(2)15-12(13)14-7-10-8-17-6-4-3-5-11(17)16-10/h8-9H,3-7H2,1-2H3,(H3,13,14,15). The molecular weight excluding hydrogens is 214 g/mol. The lowest BCUT2D eigenvalue weighted by molar-refractivity contribution is 0.522. The molecule has 3 N–H and O–H groups in total. The smallest absolute Gasteiger partial charge is 0.189 e. The number of aromatic nitrogens is 2. The number of fused-ring (bicyclic) bond motifs is 1. The van der Waals surface area contributed by atoms with E-state index in [9.17, 15) is 0 Å². The van der Waals surface area contributed by atoms with Gasteiger partial charge in [0.05, 0.1) is 12.2 Å². The van der Waals surface area contributed by atoms with Gasteiger partial charge in [0.2, 0.25) is 0 Å². The lowest BCUT2D eigenvalue weighted by Gasteiger charge is -2.11. The molecule has 2 heterocycles. The van der Waals surface area contributed by atoms with E-state index in [1.54, 1.807) is 0 Å². The predicted octanol–water partition coefficient (Wildman–Crippen LogP) is 1.03. The van der Waals surface area contributed by atoms with Crippen LogP contribution in [0.3, 0.4) is 0 Å². The maximum atomic E-state index is 5.75. The molecule has 0 bridgehead atoms. The number of nitrogens with one attached hydrogen (secondary N) is 1. The first-order chi connectivity index (χ1) is 8.15. The largest absolute Gasteiger partial charge is 0.370 e. The van der Waals surface area contributed by atoms with E-state index < -0.39 is 0 Å². The van der Waals surface area contributed by atoms with Crippen molar-refractivity contribution >= 4 is 5.96 Å². The molecule has 0 saturated heterocycles. The summed E-state index contributed by atoms with van der Waals surface area (Å²) in [5, 5.41) is 3.07. The Kier molecular flexibility index (Phi) is 3.66. The van der Waals surface area contributed by atoms with Crippen LogP contribution in [0.25, 0.3) is 0 Å². The van der Waals surface area contributed by atoms with Crippen LogP contribution >= 0.6 is 0 Å². The summed E-state index contributed by atoms with van der Waals surface area (Å²) in [7, 11) is 0. The Bertz CT molecular complexity index is 382. The van der Waals surface area contributed by atoms with Gasteiger partial charge in [-0.05, 0) is 26.7 Å². The van der Waals surface area contributed by atoms with Crippen molar-refractivity contribution in [2.24, 2.45) is 10.7 Å². The summed E-state index contributed by atoms with van der Waals surface area (Å²) in [6, 6.07) is 0.314. The van der Waals surface area contributed by atoms with Crippen molar-refractivity contribution in [1.82, 2.24) is 14.9 Å². The molecule has 0 atom stereocenters. The molecule has 0 aliphatic carbocycles. The predicted molar refractivity (Wildman–Crippen MR) is 68.8 cm³/mol. The molecule has 1 aromatic heterocycles. The van der Waals surface area contributed by atoms with Crippen molar-refractivity contribution in [1.29, 1.82) is 0 Å². The number of guanidine groups is 1. The Hall–Kier alpha value is -1.52. The highest BCUT2D eigenvalue weighted by Crippen LogP contribution is 2.14. The van der Waals surface area contributed by atoms with E-state index in [2.05, 4.69) is 26.1 Å². The third-order valence-electron chi connectivity index (χ3n) is 2.81. The minimum atomic E-state index is 0.314. The van der Waals surface area contributed by atoms with Crippen molar-refractivity contribution in [2.45, 2.75) is 52.2 Å². The first-order valence-corrected chi connectivity index (χ1v) is 6.26. The van der Waals surface area contributed by atoms with Crippen LogP contribution in [0.1, 0.15) is 38.2 Å². The van der Waals surface area contributed by atoms with Gasteiger partial charge in [0, 0.05) is 25.2 Å². The van der Waals surface area contributed by atoms with Gasteiger partial charge in [-0.2, -0.15) is 0 Å². The molecule has 94 valence electrons. The van der Waals surface area contributed by atoms with E-state index in [-0.39, 0.29) is 0 Å². The monoisotopic (exact) mass is 235 g/mol. The first-order valence-electron chi connectivity index (χ1n) is 6.26. The number of hydrogen-bond acceptors (Lipinski definition) is 2. The van der Waals surface area contributed by atoms with E-state index >= 15 is 0 Å². The quantitative estimate of drug-likeness (QED) is 0.607. The van der Waals surface area contributed by atoms with Crippen molar-refractivity contribution in [3.63, 3.8) is 0 Å². The summed E-state index contributed by atoms with van der Waals surface area (Å²) >= 11 is 0. The Morgan fingerprint density at radius 2 is 2.41 bits per heavy atom. The SMILES string of the molecule is CC(C)NC(N)=NCc1cn2c(n1)CCCC2. The van der Waals surface area contributed by atoms with Crippen LogP contribution in [0.2, 0.25) is 0 Å². The van der Waals surface area contributed by atoms with Crippen LogP contribution in [-0.2, 0) is 19.5 Å². The molecule has 0 aromatic carbocycles. The molecule has 0 unspecified atom stereocenters. The average Bonchev–Trinajstić information content (AvgIpc) is 2.68. The molecule has 0 fully saturated rings. The van der Waals surface area contributed by atoms with E-state index in [4.69, 9.17) is 5.73 Å². The molecule has 0 saturated carbocycles. The second-order valence-corrected chi connectivity index (χ2v) is 4.80. The summed E-state index contributed by atoms with van der Waals surface area (Å²) in [5.41, 5.74) is 6.76. The number of rotatable bonds is 3. The van der Waals surface area contributed by atoms with Crippen molar-refractivity contribution < 1.29 is 0 Å². The van der Waals surface area contributed by atoms with Gasteiger partial charge < -0.3 is 15.6 Å². The zero-order valence-electron chi connectivity index (χ0n) is 10.6. The summed E-state index contributed by atoms with van der Waals surface area (Å²) in [5.74, 6) is 1.68. The number of aryl methyl sites for hydroxylation is 2. The summed E-state index contributed by atoms with van der Waals surface area (Å²) in [6.45, 7) is 5.73. The van der Waals surface area contributed by atoms with Gasteiger partial charge in [-0.15, -0.1) is 0 Å². The number of aliphatic imine (C=N–C) groups is 1. The van der Waals surface area contributed by atoms with Gasteiger partial charge in [0.15, 0.2) is 5.96 Å². The minimum absolute atomic E-state index is 0.314. The Balaban J connectivity index is 1.97. The van der Waals surface area contributed by atoms with Gasteiger partial charge in [-0.25, -0.2) is 9.98 Å². The normalized spacial score (nSPS) is 16.1. The molecule has 0 spiro atoms. The molecule has 1 aliphatic heterocycles. The van der Waals surface area contributed by atoms with E-state index in [1.165, 1.54) is 18.7 Å². The van der Waals surface area contributed by atoms with Crippen molar-refractivity contribution in [3.8, 4) is 0 Å². The summed E-state index contributed by atoms with van der Waals surface area (Å²) < 4.78 is 2.24. The van der Waals surface area contributed by atoms with Crippen LogP contribution in [0.4, 0.5) is 0 Å². The number of imidazole rings is 1. The molecule has 0 amide bonds. The fourth-order valence-corrected chi connectivity index (χ4v) is 2.06. The molecule has 5 heteroatoms. The van der Waals surface area contributed by atoms with Gasteiger partial charge in [-0.1, -0.05) is 0 Å². The van der Waals surface area contributed by atoms with Crippen LogP contribution in [0.15, 0.2) is 11.2 Å². The second kappa shape index (κ2) is 5.21. The number of nitrogens with zero attached hydrogens (tertiary/aromatic N) is 3. The minimum Gasteiger partial charge on any atom is -0.370 e. The fourth-order valence-electron chi connectivity index (χ4n) is 2.06. The second-order valence-electron chi connectivity index (χ2n) is 4.80. The van der Waals surface area contributed by atoms with Gasteiger partial charge >= 0.3 is 0 Å². The van der Waals surface area contributed by atoms with Gasteiger partial charge in [0.1, 0.15) is 5.82 Å². The Morgan fingerprint density at radius 3 is 3.12 bits per heavy atom. The molecular formula is C12H21N5. The zero-order valence-corrected chi connectivity index (χ0v) is 10.6. The fraction of sp³-hybridized carbons (Fsp3) is 0.667. The van der Waals surface area contributed by atoms with Crippen LogP contribution in [-0.4, -0.2) is 21.6 Å². The molecule has 5 nitrogen and oxygen atoms in total. The molecule has 0 radical (unpaired) electrons. The highest BCUT2D eigenvalue weighted by atomic mass is 15.1. The lowest BCUT2D eigenvalue weighted by Crippen LogP contribution is -2.36. The van der Waals surface area contributed by atoms with Crippen molar-refractivity contribution in [2.75, 3.05) is 0 Å². The maximum Gasteiger partial charge on any atom is 0.189 e. The van der Waals surface area contributed by atoms with Gasteiger partial charge in [-0.3, -0.25) is 0 Å². The summed E-state index contributed by atoms with van der Waals surface area (Å²) in [4.78, 5) is 8.86. The number of nitrogens with two attached hydrogens (primary N) is 1.